The molecule has 66 valence electrons. The molecule has 0 aliphatic carbocycles. The molecule has 0 bridgehead atoms. The van der Waals surface area contributed by atoms with E-state index in [1.807, 2.05) is 6.92 Å². The number of aryl methyl sites for hydroxylation is 1. The SMILES string of the molecule is Cc1cnn(C(C)(C)C(=O)O)c1. The molecule has 0 saturated carbocycles. The Kier molecular flexibility index (Phi) is 1.92. The van der Waals surface area contributed by atoms with E-state index in [0.29, 0.717) is 0 Å². The van der Waals surface area contributed by atoms with Crippen molar-refractivity contribution in [3.63, 3.8) is 0 Å². The van der Waals surface area contributed by atoms with Gasteiger partial charge in [0.25, 0.3) is 0 Å². The quantitative estimate of drug-likeness (QED) is 0.717. The van der Waals surface area contributed by atoms with Gasteiger partial charge in [-0.05, 0) is 26.3 Å². The van der Waals surface area contributed by atoms with Gasteiger partial charge in [0.2, 0.25) is 0 Å². The molecular weight excluding hydrogens is 156 g/mol. The van der Waals surface area contributed by atoms with E-state index in [2.05, 4.69) is 5.10 Å². The largest absolute Gasteiger partial charge is 0.479 e. The summed E-state index contributed by atoms with van der Waals surface area (Å²) in [6.07, 6.45) is 3.36. The first-order valence-corrected chi connectivity index (χ1v) is 3.70. The zero-order chi connectivity index (χ0) is 9.35. The molecule has 0 amide bonds. The average molecular weight is 168 g/mol. The maximum atomic E-state index is 10.8. The lowest BCUT2D eigenvalue weighted by Gasteiger charge is -2.19. The maximum Gasteiger partial charge on any atom is 0.331 e. The van der Waals surface area contributed by atoms with E-state index in [1.54, 1.807) is 26.2 Å². The number of carboxylic acids is 1. The van der Waals surface area contributed by atoms with Crippen LogP contribution < -0.4 is 0 Å². The molecule has 0 unspecified atom stereocenters. The van der Waals surface area contributed by atoms with Gasteiger partial charge in [-0.3, -0.25) is 4.68 Å². The summed E-state index contributed by atoms with van der Waals surface area (Å²) in [5.41, 5.74) is -0.00169. The summed E-state index contributed by atoms with van der Waals surface area (Å²) in [5.74, 6) is -0.884. The Morgan fingerprint density at radius 1 is 1.67 bits per heavy atom. The second kappa shape index (κ2) is 2.62. The fourth-order valence-electron chi connectivity index (χ4n) is 0.817. The van der Waals surface area contributed by atoms with E-state index in [-0.39, 0.29) is 0 Å². The van der Waals surface area contributed by atoms with Gasteiger partial charge >= 0.3 is 5.97 Å². The second-order valence-corrected chi connectivity index (χ2v) is 3.33. The van der Waals surface area contributed by atoms with Gasteiger partial charge in [-0.25, -0.2) is 4.79 Å². The Hall–Kier alpha value is -1.32. The summed E-state index contributed by atoms with van der Waals surface area (Å²) in [4.78, 5) is 10.8. The molecule has 1 heterocycles. The standard InChI is InChI=1S/C8H12N2O2/c1-6-4-9-10(5-6)8(2,3)7(11)12/h4-5H,1-3H3,(H,11,12). The first-order chi connectivity index (χ1) is 5.44. The van der Waals surface area contributed by atoms with Crippen LogP contribution in [0.4, 0.5) is 0 Å². The molecule has 0 atom stereocenters. The number of carbonyl (C=O) groups is 1. The molecule has 1 rings (SSSR count). The van der Waals surface area contributed by atoms with E-state index in [0.717, 1.165) is 5.56 Å². The highest BCUT2D eigenvalue weighted by molar-refractivity contribution is 5.75. The molecule has 0 aromatic carbocycles. The van der Waals surface area contributed by atoms with Gasteiger partial charge in [0.15, 0.2) is 5.54 Å². The number of aromatic nitrogens is 2. The molecule has 0 aliphatic rings. The third kappa shape index (κ3) is 1.32. The Bertz CT molecular complexity index is 302. The van der Waals surface area contributed by atoms with Gasteiger partial charge in [-0.15, -0.1) is 0 Å². The first-order valence-electron chi connectivity index (χ1n) is 3.70. The van der Waals surface area contributed by atoms with Crippen molar-refractivity contribution in [1.29, 1.82) is 0 Å². The van der Waals surface area contributed by atoms with Crippen molar-refractivity contribution in [2.75, 3.05) is 0 Å². The smallest absolute Gasteiger partial charge is 0.331 e. The van der Waals surface area contributed by atoms with Gasteiger partial charge in [-0.1, -0.05) is 0 Å². The summed E-state index contributed by atoms with van der Waals surface area (Å²) >= 11 is 0. The molecule has 4 nitrogen and oxygen atoms in total. The van der Waals surface area contributed by atoms with Crippen LogP contribution in [0.2, 0.25) is 0 Å². The number of carboxylic acid groups (broad SMARTS) is 1. The van der Waals surface area contributed by atoms with E-state index in [4.69, 9.17) is 5.11 Å². The van der Waals surface area contributed by atoms with Crippen LogP contribution in [-0.2, 0) is 10.3 Å². The molecule has 12 heavy (non-hydrogen) atoms. The lowest BCUT2D eigenvalue weighted by Crippen LogP contribution is -2.35. The summed E-state index contributed by atoms with van der Waals surface area (Å²) in [5, 5.41) is 12.8. The van der Waals surface area contributed by atoms with Crippen LogP contribution in [0, 0.1) is 6.92 Å². The highest BCUT2D eigenvalue weighted by atomic mass is 16.4. The molecule has 1 aromatic rings. The van der Waals surface area contributed by atoms with Crippen molar-refractivity contribution >= 4 is 5.97 Å². The van der Waals surface area contributed by atoms with Crippen molar-refractivity contribution < 1.29 is 9.90 Å². The van der Waals surface area contributed by atoms with Crippen LogP contribution in [0.3, 0.4) is 0 Å². The Morgan fingerprint density at radius 2 is 2.25 bits per heavy atom. The molecule has 0 saturated heterocycles. The monoisotopic (exact) mass is 168 g/mol. The second-order valence-electron chi connectivity index (χ2n) is 3.33. The zero-order valence-electron chi connectivity index (χ0n) is 7.40. The van der Waals surface area contributed by atoms with Crippen LogP contribution in [0.25, 0.3) is 0 Å². The topological polar surface area (TPSA) is 55.1 Å². The highest BCUT2D eigenvalue weighted by Crippen LogP contribution is 2.14. The molecule has 0 fully saturated rings. The van der Waals surface area contributed by atoms with E-state index in [1.165, 1.54) is 4.68 Å². The minimum Gasteiger partial charge on any atom is -0.479 e. The Morgan fingerprint density at radius 3 is 2.58 bits per heavy atom. The van der Waals surface area contributed by atoms with Gasteiger partial charge in [-0.2, -0.15) is 5.10 Å². The molecule has 4 heteroatoms. The third-order valence-electron chi connectivity index (χ3n) is 1.81. The summed E-state index contributed by atoms with van der Waals surface area (Å²) in [6, 6.07) is 0. The van der Waals surface area contributed by atoms with Crippen LogP contribution in [0.1, 0.15) is 19.4 Å². The van der Waals surface area contributed by atoms with Gasteiger partial charge in [0.1, 0.15) is 0 Å². The van der Waals surface area contributed by atoms with Gasteiger partial charge in [0, 0.05) is 6.20 Å². The van der Waals surface area contributed by atoms with E-state index < -0.39 is 11.5 Å². The number of hydrogen-bond acceptors (Lipinski definition) is 2. The molecule has 1 aromatic heterocycles. The molecular formula is C8H12N2O2. The van der Waals surface area contributed by atoms with Gasteiger partial charge < -0.3 is 5.11 Å². The van der Waals surface area contributed by atoms with Crippen LogP contribution >= 0.6 is 0 Å². The number of aliphatic carboxylic acids is 1. The summed E-state index contributed by atoms with van der Waals surface area (Å²) < 4.78 is 1.45. The molecule has 0 spiro atoms. The lowest BCUT2D eigenvalue weighted by atomic mass is 10.1. The van der Waals surface area contributed by atoms with Crippen LogP contribution in [0.15, 0.2) is 12.4 Å². The fourth-order valence-corrected chi connectivity index (χ4v) is 0.817. The minimum atomic E-state index is -0.964. The fraction of sp³-hybridized carbons (Fsp3) is 0.500. The highest BCUT2D eigenvalue weighted by Gasteiger charge is 2.29. The van der Waals surface area contributed by atoms with Gasteiger partial charge in [0.05, 0.1) is 6.20 Å². The summed E-state index contributed by atoms with van der Waals surface area (Å²) in [7, 11) is 0. The van der Waals surface area contributed by atoms with Crippen molar-refractivity contribution in [3.8, 4) is 0 Å². The molecule has 1 N–H and O–H groups in total. The van der Waals surface area contributed by atoms with Crippen molar-refractivity contribution in [2.24, 2.45) is 0 Å². The van der Waals surface area contributed by atoms with Crippen molar-refractivity contribution in [1.82, 2.24) is 9.78 Å². The lowest BCUT2D eigenvalue weighted by molar-refractivity contribution is -0.146. The predicted molar refractivity (Wildman–Crippen MR) is 43.9 cm³/mol. The van der Waals surface area contributed by atoms with E-state index >= 15 is 0 Å². The van der Waals surface area contributed by atoms with Crippen molar-refractivity contribution in [3.05, 3.63) is 18.0 Å². The number of hydrogen-bond donors (Lipinski definition) is 1. The summed E-state index contributed by atoms with van der Waals surface area (Å²) in [6.45, 7) is 5.10. The normalized spacial score (nSPS) is 11.6. The zero-order valence-corrected chi connectivity index (χ0v) is 7.40. The third-order valence-corrected chi connectivity index (χ3v) is 1.81. The Balaban J connectivity index is 3.05. The van der Waals surface area contributed by atoms with Crippen LogP contribution in [0.5, 0.6) is 0 Å². The van der Waals surface area contributed by atoms with Crippen LogP contribution in [-0.4, -0.2) is 20.9 Å². The van der Waals surface area contributed by atoms with Crippen molar-refractivity contribution in [2.45, 2.75) is 26.3 Å². The minimum absolute atomic E-state index is 0.884. The number of rotatable bonds is 2. The predicted octanol–water partition coefficient (Wildman–Crippen LogP) is 1.01. The average Bonchev–Trinajstić information content (AvgIpc) is 2.35. The van der Waals surface area contributed by atoms with E-state index in [9.17, 15) is 4.79 Å². The molecule has 0 radical (unpaired) electrons. The maximum absolute atomic E-state index is 10.8. The molecule has 0 aliphatic heterocycles. The Labute approximate surface area is 70.8 Å². The first kappa shape index (κ1) is 8.77. The number of nitrogens with zero attached hydrogens (tertiary/aromatic N) is 2.